The van der Waals surface area contributed by atoms with Gasteiger partial charge in [0, 0.05) is 49.8 Å². The molecule has 0 fully saturated rings. The monoisotopic (exact) mass is 321 g/mol. The third-order valence-electron chi connectivity index (χ3n) is 4.31. The number of aromatic amines is 1. The predicted octanol–water partition coefficient (Wildman–Crippen LogP) is 3.31. The van der Waals surface area contributed by atoms with Gasteiger partial charge in [-0.05, 0) is 37.6 Å². The van der Waals surface area contributed by atoms with Crippen LogP contribution >= 0.6 is 0 Å². The molecular weight excluding hydrogens is 298 g/mol. The molecule has 0 saturated heterocycles. The molecule has 0 aliphatic rings. The Labute approximate surface area is 142 Å². The van der Waals surface area contributed by atoms with Crippen LogP contribution in [0.4, 0.5) is 0 Å². The molecule has 5 nitrogen and oxygen atoms in total. The molecule has 3 heterocycles. The van der Waals surface area contributed by atoms with Crippen molar-refractivity contribution >= 4 is 0 Å². The van der Waals surface area contributed by atoms with Crippen molar-refractivity contribution in [3.8, 4) is 0 Å². The maximum Gasteiger partial charge on any atom is 0.0921 e. The van der Waals surface area contributed by atoms with E-state index in [4.69, 9.17) is 0 Å². The summed E-state index contributed by atoms with van der Waals surface area (Å²) in [5, 5.41) is 0. The molecule has 1 N–H and O–H groups in total. The van der Waals surface area contributed by atoms with Gasteiger partial charge in [-0.25, -0.2) is 4.98 Å². The van der Waals surface area contributed by atoms with Gasteiger partial charge in [-0.3, -0.25) is 14.9 Å². The van der Waals surface area contributed by atoms with Crippen molar-refractivity contribution in [3.63, 3.8) is 0 Å². The molecule has 0 aliphatic heterocycles. The van der Waals surface area contributed by atoms with Crippen LogP contribution in [-0.4, -0.2) is 31.4 Å². The zero-order valence-corrected chi connectivity index (χ0v) is 14.2. The summed E-state index contributed by atoms with van der Waals surface area (Å²) in [7, 11) is 0. The van der Waals surface area contributed by atoms with Crippen LogP contribution in [0.2, 0.25) is 0 Å². The lowest BCUT2D eigenvalue weighted by molar-refractivity contribution is 0.197. The summed E-state index contributed by atoms with van der Waals surface area (Å²) in [6, 6.07) is 10.4. The molecule has 0 saturated carbocycles. The van der Waals surface area contributed by atoms with E-state index in [1.165, 1.54) is 5.56 Å². The molecular formula is C19H23N5. The fourth-order valence-corrected chi connectivity index (χ4v) is 2.90. The van der Waals surface area contributed by atoms with Gasteiger partial charge < -0.3 is 4.98 Å². The Balaban J connectivity index is 1.79. The Kier molecular flexibility index (Phi) is 5.33. The van der Waals surface area contributed by atoms with Gasteiger partial charge in [0.2, 0.25) is 0 Å². The fourth-order valence-electron chi connectivity index (χ4n) is 2.90. The molecule has 0 aliphatic carbocycles. The Bertz CT molecular complexity index is 739. The first kappa shape index (κ1) is 16.3. The maximum absolute atomic E-state index is 4.60. The summed E-state index contributed by atoms with van der Waals surface area (Å²) in [6.07, 6.45) is 8.25. The molecule has 0 spiro atoms. The molecule has 124 valence electrons. The lowest BCUT2D eigenvalue weighted by atomic mass is 10.1. The minimum absolute atomic E-state index is 0.219. The molecule has 0 bridgehead atoms. The topological polar surface area (TPSA) is 57.7 Å². The van der Waals surface area contributed by atoms with Crippen LogP contribution in [0.25, 0.3) is 0 Å². The number of nitrogens with one attached hydrogen (secondary N) is 1. The van der Waals surface area contributed by atoms with E-state index in [-0.39, 0.29) is 6.04 Å². The first-order chi connectivity index (χ1) is 11.7. The molecule has 24 heavy (non-hydrogen) atoms. The van der Waals surface area contributed by atoms with E-state index in [0.717, 1.165) is 36.6 Å². The molecule has 1 unspecified atom stereocenters. The van der Waals surface area contributed by atoms with E-state index < -0.39 is 0 Å². The van der Waals surface area contributed by atoms with Crippen LogP contribution in [0.5, 0.6) is 0 Å². The Morgan fingerprint density at radius 1 is 1.12 bits per heavy atom. The zero-order valence-electron chi connectivity index (χ0n) is 14.2. The van der Waals surface area contributed by atoms with Gasteiger partial charge in [-0.1, -0.05) is 12.1 Å². The van der Waals surface area contributed by atoms with Crippen molar-refractivity contribution < 1.29 is 0 Å². The van der Waals surface area contributed by atoms with E-state index in [1.54, 1.807) is 6.33 Å². The fraction of sp³-hybridized carbons (Fsp3) is 0.316. The lowest BCUT2D eigenvalue weighted by Gasteiger charge is -2.29. The average Bonchev–Trinajstić information content (AvgIpc) is 3.13. The minimum atomic E-state index is 0.219. The summed E-state index contributed by atoms with van der Waals surface area (Å²) in [5.41, 5.74) is 4.56. The van der Waals surface area contributed by atoms with Crippen LogP contribution < -0.4 is 0 Å². The van der Waals surface area contributed by atoms with Crippen LogP contribution in [0.3, 0.4) is 0 Å². The third kappa shape index (κ3) is 4.06. The number of hydrogen-bond donors (Lipinski definition) is 1. The Morgan fingerprint density at radius 3 is 2.71 bits per heavy atom. The molecule has 0 radical (unpaired) electrons. The predicted molar refractivity (Wildman–Crippen MR) is 94.3 cm³/mol. The van der Waals surface area contributed by atoms with Gasteiger partial charge in [-0.15, -0.1) is 0 Å². The highest BCUT2D eigenvalue weighted by atomic mass is 15.2. The van der Waals surface area contributed by atoms with Crippen molar-refractivity contribution in [2.75, 3.05) is 6.54 Å². The van der Waals surface area contributed by atoms with Crippen molar-refractivity contribution in [1.82, 2.24) is 24.8 Å². The number of rotatable bonds is 7. The van der Waals surface area contributed by atoms with Crippen molar-refractivity contribution in [3.05, 3.63) is 77.9 Å². The van der Waals surface area contributed by atoms with Gasteiger partial charge in [0.05, 0.1) is 17.7 Å². The van der Waals surface area contributed by atoms with Gasteiger partial charge in [0.25, 0.3) is 0 Å². The van der Waals surface area contributed by atoms with E-state index in [9.17, 15) is 0 Å². The van der Waals surface area contributed by atoms with E-state index in [0.29, 0.717) is 0 Å². The number of hydrogen-bond acceptors (Lipinski definition) is 4. The molecule has 0 amide bonds. The highest BCUT2D eigenvalue weighted by Crippen LogP contribution is 2.23. The largest absolute Gasteiger partial charge is 0.348 e. The Morgan fingerprint density at radius 2 is 2.00 bits per heavy atom. The molecule has 3 rings (SSSR count). The standard InChI is InChI=1S/C19H23N5/c1-15-6-5-10-22-19(15)16(2)24(11-8-17-12-20-14-23-17)13-18-7-3-4-9-21-18/h3-7,9-10,12,14,16H,8,11,13H2,1-2H3,(H,20,23). The third-order valence-corrected chi connectivity index (χ3v) is 4.31. The quantitative estimate of drug-likeness (QED) is 0.725. The smallest absolute Gasteiger partial charge is 0.0921 e. The maximum atomic E-state index is 4.60. The van der Waals surface area contributed by atoms with Gasteiger partial charge in [0.15, 0.2) is 0 Å². The summed E-state index contributed by atoms with van der Waals surface area (Å²) < 4.78 is 0. The number of imidazole rings is 1. The molecule has 1 atom stereocenters. The molecule has 0 aromatic carbocycles. The van der Waals surface area contributed by atoms with Crippen LogP contribution in [0, 0.1) is 6.92 Å². The summed E-state index contributed by atoms with van der Waals surface area (Å²) in [4.78, 5) is 18.8. The summed E-state index contributed by atoms with van der Waals surface area (Å²) in [5.74, 6) is 0. The highest BCUT2D eigenvalue weighted by molar-refractivity contribution is 5.21. The number of H-pyrrole nitrogens is 1. The average molecular weight is 321 g/mol. The number of pyridine rings is 2. The highest BCUT2D eigenvalue weighted by Gasteiger charge is 2.19. The van der Waals surface area contributed by atoms with Crippen molar-refractivity contribution in [1.29, 1.82) is 0 Å². The number of nitrogens with zero attached hydrogens (tertiary/aromatic N) is 4. The van der Waals surface area contributed by atoms with Crippen molar-refractivity contribution in [2.24, 2.45) is 0 Å². The van der Waals surface area contributed by atoms with Crippen LogP contribution in [0.15, 0.2) is 55.2 Å². The molecule has 3 aromatic heterocycles. The second-order valence-corrected chi connectivity index (χ2v) is 6.00. The lowest BCUT2D eigenvalue weighted by Crippen LogP contribution is -2.30. The van der Waals surface area contributed by atoms with E-state index in [1.807, 2.05) is 36.8 Å². The van der Waals surface area contributed by atoms with Crippen molar-refractivity contribution in [2.45, 2.75) is 32.9 Å². The van der Waals surface area contributed by atoms with Crippen LogP contribution in [0.1, 0.15) is 35.6 Å². The number of aromatic nitrogens is 4. The summed E-state index contributed by atoms with van der Waals surface area (Å²) in [6.45, 7) is 6.04. The zero-order chi connectivity index (χ0) is 16.8. The second kappa shape index (κ2) is 7.84. The molecule has 5 heteroatoms. The Hall–Kier alpha value is -2.53. The van der Waals surface area contributed by atoms with Gasteiger partial charge in [0.1, 0.15) is 0 Å². The minimum Gasteiger partial charge on any atom is -0.348 e. The van der Waals surface area contributed by atoms with E-state index in [2.05, 4.69) is 50.8 Å². The SMILES string of the molecule is Cc1cccnc1C(C)N(CCc1cnc[nH]1)Cc1ccccn1. The van der Waals surface area contributed by atoms with Crippen LogP contribution in [-0.2, 0) is 13.0 Å². The first-order valence-corrected chi connectivity index (χ1v) is 8.27. The summed E-state index contributed by atoms with van der Waals surface area (Å²) >= 11 is 0. The van der Waals surface area contributed by atoms with E-state index >= 15 is 0 Å². The normalized spacial score (nSPS) is 12.5. The first-order valence-electron chi connectivity index (χ1n) is 8.27. The van der Waals surface area contributed by atoms with Gasteiger partial charge in [-0.2, -0.15) is 0 Å². The van der Waals surface area contributed by atoms with Gasteiger partial charge >= 0.3 is 0 Å². The number of aryl methyl sites for hydroxylation is 1. The second-order valence-electron chi connectivity index (χ2n) is 6.00. The molecule has 3 aromatic rings.